The molecule has 0 saturated carbocycles. The molecule has 0 saturated heterocycles. The fourth-order valence-corrected chi connectivity index (χ4v) is 2.49. The van der Waals surface area contributed by atoms with Gasteiger partial charge in [-0.05, 0) is 48.1 Å². The molecule has 25 heavy (non-hydrogen) atoms. The Balaban J connectivity index is 1.75. The number of rotatable bonds is 5. The van der Waals surface area contributed by atoms with Crippen LogP contribution in [-0.4, -0.2) is 21.3 Å². The van der Waals surface area contributed by atoms with Crippen LogP contribution in [0.1, 0.15) is 11.3 Å². The van der Waals surface area contributed by atoms with Crippen molar-refractivity contribution in [1.29, 1.82) is 0 Å². The van der Waals surface area contributed by atoms with Gasteiger partial charge in [0.1, 0.15) is 11.5 Å². The van der Waals surface area contributed by atoms with Crippen molar-refractivity contribution in [3.05, 3.63) is 77.3 Å². The average Bonchev–Trinajstić information content (AvgIpc) is 3.08. The van der Waals surface area contributed by atoms with E-state index in [-0.39, 0.29) is 5.11 Å². The van der Waals surface area contributed by atoms with Crippen LogP contribution in [0.2, 0.25) is 5.02 Å². The van der Waals surface area contributed by atoms with Gasteiger partial charge < -0.3 is 10.2 Å². The van der Waals surface area contributed by atoms with E-state index in [4.69, 9.17) is 34.0 Å². The molecule has 0 atom stereocenters. The van der Waals surface area contributed by atoms with Crippen molar-refractivity contribution in [2.45, 2.75) is 6.54 Å². The van der Waals surface area contributed by atoms with Crippen molar-refractivity contribution >= 4 is 35.1 Å². The number of pyridine rings is 1. The van der Waals surface area contributed by atoms with Crippen molar-refractivity contribution in [2.75, 3.05) is 0 Å². The van der Waals surface area contributed by atoms with Crippen molar-refractivity contribution < 1.29 is 4.42 Å². The molecule has 0 spiro atoms. The topological polar surface area (TPSA) is 67.7 Å². The summed E-state index contributed by atoms with van der Waals surface area (Å²) in [5.74, 6) is 1.29. The van der Waals surface area contributed by atoms with E-state index in [1.54, 1.807) is 18.6 Å². The Hall–Kier alpha value is -2.70. The molecule has 2 heterocycles. The molecule has 1 aromatic carbocycles. The van der Waals surface area contributed by atoms with E-state index in [9.17, 15) is 0 Å². The van der Waals surface area contributed by atoms with Crippen LogP contribution in [-0.2, 0) is 6.54 Å². The summed E-state index contributed by atoms with van der Waals surface area (Å²) in [5.41, 5.74) is 7.59. The smallest absolute Gasteiger partial charge is 0.187 e. The van der Waals surface area contributed by atoms with Gasteiger partial charge in [0.05, 0.1) is 12.8 Å². The lowest BCUT2D eigenvalue weighted by molar-refractivity contribution is 0.442. The number of hydrazone groups is 1. The summed E-state index contributed by atoms with van der Waals surface area (Å²) in [6, 6.07) is 14.9. The Bertz CT molecular complexity index is 895. The molecule has 0 aliphatic heterocycles. The molecular formula is C18H15ClN4OS. The first-order valence-corrected chi connectivity index (χ1v) is 8.26. The molecule has 0 unspecified atom stereocenters. The first-order valence-electron chi connectivity index (χ1n) is 7.47. The molecule has 7 heteroatoms. The number of furan rings is 1. The number of benzene rings is 1. The number of thiocarbonyl (C=S) groups is 1. The Morgan fingerprint density at radius 1 is 1.28 bits per heavy atom. The molecule has 0 radical (unpaired) electrons. The third kappa shape index (κ3) is 4.65. The molecule has 0 bridgehead atoms. The lowest BCUT2D eigenvalue weighted by Crippen LogP contribution is -2.30. The summed E-state index contributed by atoms with van der Waals surface area (Å²) in [4.78, 5) is 4.07. The van der Waals surface area contributed by atoms with E-state index in [0.717, 1.165) is 11.1 Å². The normalized spacial score (nSPS) is 10.9. The third-order valence-corrected chi connectivity index (χ3v) is 3.82. The van der Waals surface area contributed by atoms with Gasteiger partial charge in [0.15, 0.2) is 5.11 Å². The second-order valence-electron chi connectivity index (χ2n) is 5.21. The van der Waals surface area contributed by atoms with E-state index < -0.39 is 0 Å². The van der Waals surface area contributed by atoms with Crippen LogP contribution in [0.3, 0.4) is 0 Å². The molecule has 0 amide bonds. The Labute approximate surface area is 155 Å². The summed E-state index contributed by atoms with van der Waals surface area (Å²) < 4.78 is 5.77. The standard InChI is InChI=1S/C18H15ClN4OS/c19-15-5-1-4-14(9-15)17-7-6-16(24-17)11-22-23(18(20)25)12-13-3-2-8-21-10-13/h1-11H,12H2,(H2,20,25). The van der Waals surface area contributed by atoms with Crippen LogP contribution < -0.4 is 5.73 Å². The molecular weight excluding hydrogens is 356 g/mol. The number of nitrogens with zero attached hydrogens (tertiary/aromatic N) is 3. The zero-order valence-electron chi connectivity index (χ0n) is 13.2. The van der Waals surface area contributed by atoms with Gasteiger partial charge in [0, 0.05) is 23.0 Å². The second kappa shape index (κ2) is 7.92. The fourth-order valence-electron chi connectivity index (χ4n) is 2.19. The van der Waals surface area contributed by atoms with Gasteiger partial charge in [-0.15, -0.1) is 0 Å². The van der Waals surface area contributed by atoms with Crippen LogP contribution in [0.15, 0.2) is 70.4 Å². The zero-order chi connectivity index (χ0) is 17.6. The van der Waals surface area contributed by atoms with E-state index in [1.807, 2.05) is 48.5 Å². The molecule has 5 nitrogen and oxygen atoms in total. The van der Waals surface area contributed by atoms with Crippen molar-refractivity contribution in [3.8, 4) is 11.3 Å². The largest absolute Gasteiger partial charge is 0.455 e. The lowest BCUT2D eigenvalue weighted by atomic mass is 10.2. The van der Waals surface area contributed by atoms with Gasteiger partial charge in [-0.25, -0.2) is 5.01 Å². The van der Waals surface area contributed by atoms with Gasteiger partial charge >= 0.3 is 0 Å². The zero-order valence-corrected chi connectivity index (χ0v) is 14.7. The van der Waals surface area contributed by atoms with Crippen LogP contribution in [0.5, 0.6) is 0 Å². The van der Waals surface area contributed by atoms with Gasteiger partial charge in [-0.2, -0.15) is 5.10 Å². The highest BCUT2D eigenvalue weighted by molar-refractivity contribution is 7.80. The minimum atomic E-state index is 0.168. The maximum atomic E-state index is 6.01. The van der Waals surface area contributed by atoms with Crippen molar-refractivity contribution in [1.82, 2.24) is 9.99 Å². The summed E-state index contributed by atoms with van der Waals surface area (Å²) in [6.45, 7) is 0.432. The maximum absolute atomic E-state index is 6.01. The van der Waals surface area contributed by atoms with Crippen LogP contribution >= 0.6 is 23.8 Å². The quantitative estimate of drug-likeness (QED) is 0.416. The third-order valence-electron chi connectivity index (χ3n) is 3.37. The van der Waals surface area contributed by atoms with Gasteiger partial charge in [0.25, 0.3) is 0 Å². The molecule has 0 fully saturated rings. The second-order valence-corrected chi connectivity index (χ2v) is 6.07. The van der Waals surface area contributed by atoms with E-state index in [0.29, 0.717) is 23.1 Å². The van der Waals surface area contributed by atoms with Crippen molar-refractivity contribution in [3.63, 3.8) is 0 Å². The average molecular weight is 371 g/mol. The van der Waals surface area contributed by atoms with E-state index in [2.05, 4.69) is 10.1 Å². The number of halogens is 1. The Morgan fingerprint density at radius 3 is 2.88 bits per heavy atom. The monoisotopic (exact) mass is 370 g/mol. The fraction of sp³-hybridized carbons (Fsp3) is 0.0556. The molecule has 0 aliphatic carbocycles. The summed E-state index contributed by atoms with van der Waals surface area (Å²) >= 11 is 11.1. The predicted octanol–water partition coefficient (Wildman–Crippen LogP) is 4.07. The van der Waals surface area contributed by atoms with Crippen LogP contribution in [0.4, 0.5) is 0 Å². The highest BCUT2D eigenvalue weighted by Crippen LogP contribution is 2.24. The van der Waals surface area contributed by atoms with E-state index >= 15 is 0 Å². The molecule has 2 N–H and O–H groups in total. The molecule has 3 rings (SSSR count). The first kappa shape index (κ1) is 17.1. The molecule has 3 aromatic rings. The molecule has 2 aromatic heterocycles. The minimum absolute atomic E-state index is 0.168. The lowest BCUT2D eigenvalue weighted by Gasteiger charge is -2.16. The van der Waals surface area contributed by atoms with Gasteiger partial charge in [-0.3, -0.25) is 4.98 Å². The predicted molar refractivity (Wildman–Crippen MR) is 103 cm³/mol. The summed E-state index contributed by atoms with van der Waals surface area (Å²) in [7, 11) is 0. The number of aromatic nitrogens is 1. The first-order chi connectivity index (χ1) is 12.1. The Kier molecular flexibility index (Phi) is 5.42. The minimum Gasteiger partial charge on any atom is -0.455 e. The summed E-state index contributed by atoms with van der Waals surface area (Å²) in [6.07, 6.45) is 5.02. The van der Waals surface area contributed by atoms with Crippen molar-refractivity contribution in [2.24, 2.45) is 10.8 Å². The van der Waals surface area contributed by atoms with E-state index in [1.165, 1.54) is 5.01 Å². The maximum Gasteiger partial charge on any atom is 0.187 e. The molecule has 126 valence electrons. The Morgan fingerprint density at radius 2 is 2.16 bits per heavy atom. The van der Waals surface area contributed by atoms with Gasteiger partial charge in [-0.1, -0.05) is 29.8 Å². The molecule has 0 aliphatic rings. The number of hydrogen-bond donors (Lipinski definition) is 1. The summed E-state index contributed by atoms with van der Waals surface area (Å²) in [5, 5.41) is 6.64. The highest BCUT2D eigenvalue weighted by atomic mass is 35.5. The number of nitrogens with two attached hydrogens (primary N) is 1. The van der Waals surface area contributed by atoms with Crippen LogP contribution in [0, 0.1) is 0 Å². The van der Waals surface area contributed by atoms with Crippen LogP contribution in [0.25, 0.3) is 11.3 Å². The van der Waals surface area contributed by atoms with Gasteiger partial charge in [0.2, 0.25) is 0 Å². The SMILES string of the molecule is NC(=S)N(Cc1cccnc1)N=Cc1ccc(-c2cccc(Cl)c2)o1. The highest BCUT2D eigenvalue weighted by Gasteiger charge is 2.07. The number of hydrogen-bond acceptors (Lipinski definition) is 4.